The van der Waals surface area contributed by atoms with Gasteiger partial charge in [0.2, 0.25) is 11.4 Å². The van der Waals surface area contributed by atoms with Crippen LogP contribution in [0, 0.1) is 0 Å². The minimum absolute atomic E-state index is 0.0123. The van der Waals surface area contributed by atoms with Crippen LogP contribution in [0.4, 0.5) is 0 Å². The standard InChI is InChI=1S/C24H25N3O5S/c25-23(32)24-19(26(14-20(24)29)22(31)17-6-8-18(28)9-7-17)10-12-27(24)21(30)11-13-33-15-16-4-2-1-3-5-16/h1-9,19,28H,10-15H2,(H2,25,32). The lowest BCUT2D eigenvalue weighted by atomic mass is 9.88. The number of ketones is 1. The number of hydrogen-bond donors (Lipinski definition) is 2. The number of phenols is 1. The first-order chi connectivity index (χ1) is 15.9. The summed E-state index contributed by atoms with van der Waals surface area (Å²) in [6.45, 7) is -0.110. The lowest BCUT2D eigenvalue weighted by Gasteiger charge is -2.34. The number of primary amides is 1. The van der Waals surface area contributed by atoms with E-state index >= 15 is 0 Å². The maximum atomic E-state index is 13.1. The number of carbonyl (C=O) groups is 4. The molecule has 2 aromatic carbocycles. The van der Waals surface area contributed by atoms with Crippen molar-refractivity contribution in [2.24, 2.45) is 5.73 Å². The summed E-state index contributed by atoms with van der Waals surface area (Å²) < 4.78 is 0. The number of nitrogens with zero attached hydrogens (tertiary/aromatic N) is 2. The van der Waals surface area contributed by atoms with Crippen molar-refractivity contribution >= 4 is 35.3 Å². The predicted molar refractivity (Wildman–Crippen MR) is 123 cm³/mol. The van der Waals surface area contributed by atoms with Gasteiger partial charge in [0.1, 0.15) is 5.75 Å². The molecule has 33 heavy (non-hydrogen) atoms. The van der Waals surface area contributed by atoms with Gasteiger partial charge in [0.25, 0.3) is 11.8 Å². The number of benzene rings is 2. The molecule has 3 N–H and O–H groups in total. The molecule has 2 aliphatic heterocycles. The molecule has 2 heterocycles. The van der Waals surface area contributed by atoms with Crippen molar-refractivity contribution in [1.29, 1.82) is 0 Å². The van der Waals surface area contributed by atoms with E-state index in [0.29, 0.717) is 12.2 Å². The first-order valence-electron chi connectivity index (χ1n) is 10.7. The van der Waals surface area contributed by atoms with E-state index in [0.717, 1.165) is 11.3 Å². The fourth-order valence-corrected chi connectivity index (χ4v) is 5.61. The lowest BCUT2D eigenvalue weighted by molar-refractivity contribution is -0.149. The third kappa shape index (κ3) is 4.08. The van der Waals surface area contributed by atoms with Crippen LogP contribution in [0.25, 0.3) is 0 Å². The Labute approximate surface area is 195 Å². The van der Waals surface area contributed by atoms with Crippen LogP contribution >= 0.6 is 11.8 Å². The highest BCUT2D eigenvalue weighted by atomic mass is 32.2. The fourth-order valence-electron chi connectivity index (χ4n) is 4.72. The summed E-state index contributed by atoms with van der Waals surface area (Å²) in [7, 11) is 0. The van der Waals surface area contributed by atoms with Gasteiger partial charge in [-0.1, -0.05) is 30.3 Å². The molecule has 0 aliphatic carbocycles. The van der Waals surface area contributed by atoms with Crippen molar-refractivity contribution < 1.29 is 24.3 Å². The average Bonchev–Trinajstić information content (AvgIpc) is 3.35. The summed E-state index contributed by atoms with van der Waals surface area (Å²) in [5.41, 5.74) is 5.32. The van der Waals surface area contributed by atoms with Crippen LogP contribution < -0.4 is 5.73 Å². The van der Waals surface area contributed by atoms with Gasteiger partial charge in [-0.25, -0.2) is 0 Å². The Hall–Kier alpha value is -3.33. The minimum atomic E-state index is -1.83. The van der Waals surface area contributed by atoms with Crippen LogP contribution in [-0.2, 0) is 20.1 Å². The van der Waals surface area contributed by atoms with Crippen molar-refractivity contribution in [3.05, 3.63) is 65.7 Å². The van der Waals surface area contributed by atoms with Crippen molar-refractivity contribution in [3.63, 3.8) is 0 Å². The number of carbonyl (C=O) groups excluding carboxylic acids is 4. The van der Waals surface area contributed by atoms with E-state index in [1.54, 1.807) is 11.8 Å². The molecule has 2 aromatic rings. The predicted octanol–water partition coefficient (Wildman–Crippen LogP) is 1.57. The van der Waals surface area contributed by atoms with Gasteiger partial charge in [0.05, 0.1) is 12.6 Å². The summed E-state index contributed by atoms with van der Waals surface area (Å²) in [5, 5.41) is 9.47. The summed E-state index contributed by atoms with van der Waals surface area (Å²) in [4.78, 5) is 54.5. The van der Waals surface area contributed by atoms with Crippen molar-refractivity contribution in [3.8, 4) is 5.75 Å². The second-order valence-corrected chi connectivity index (χ2v) is 9.28. The smallest absolute Gasteiger partial charge is 0.254 e. The molecular weight excluding hydrogens is 442 g/mol. The third-order valence-corrected chi connectivity index (χ3v) is 7.30. The molecule has 8 nitrogen and oxygen atoms in total. The van der Waals surface area contributed by atoms with Crippen LogP contribution in [0.1, 0.15) is 28.8 Å². The van der Waals surface area contributed by atoms with Crippen molar-refractivity contribution in [1.82, 2.24) is 9.80 Å². The van der Waals surface area contributed by atoms with Gasteiger partial charge in [0.15, 0.2) is 5.78 Å². The Morgan fingerprint density at radius 2 is 1.79 bits per heavy atom. The maximum Gasteiger partial charge on any atom is 0.254 e. The molecule has 4 rings (SSSR count). The lowest BCUT2D eigenvalue weighted by Crippen LogP contribution is -2.64. The maximum absolute atomic E-state index is 13.1. The summed E-state index contributed by atoms with van der Waals surface area (Å²) in [5.74, 6) is -0.887. The molecule has 9 heteroatoms. The Balaban J connectivity index is 1.47. The second-order valence-electron chi connectivity index (χ2n) is 8.17. The van der Waals surface area contributed by atoms with Crippen molar-refractivity contribution in [2.75, 3.05) is 18.8 Å². The van der Waals surface area contributed by atoms with Crippen molar-refractivity contribution in [2.45, 2.75) is 30.2 Å². The molecule has 0 aromatic heterocycles. The first-order valence-corrected chi connectivity index (χ1v) is 11.9. The van der Waals surface area contributed by atoms with E-state index in [1.165, 1.54) is 34.1 Å². The highest BCUT2D eigenvalue weighted by Crippen LogP contribution is 2.40. The Morgan fingerprint density at radius 1 is 1.09 bits per heavy atom. The largest absolute Gasteiger partial charge is 0.508 e. The van der Waals surface area contributed by atoms with Gasteiger partial charge in [-0.15, -0.1) is 0 Å². The number of likely N-dealkylation sites (tertiary alicyclic amines) is 2. The van der Waals surface area contributed by atoms with Gasteiger partial charge >= 0.3 is 0 Å². The van der Waals surface area contributed by atoms with Crippen LogP contribution in [0.3, 0.4) is 0 Å². The number of rotatable bonds is 7. The number of nitrogens with two attached hydrogens (primary N) is 1. The normalized spacial score (nSPS) is 21.8. The quantitative estimate of drug-likeness (QED) is 0.471. The number of thioether (sulfide) groups is 1. The molecule has 2 unspecified atom stereocenters. The molecule has 2 atom stereocenters. The number of phenolic OH excluding ortho intramolecular Hbond substituents is 1. The SMILES string of the molecule is NC(=O)C12C(=O)CN(C(=O)c3ccc(O)cc3)C1CCN2C(=O)CCSCc1ccccc1. The highest BCUT2D eigenvalue weighted by molar-refractivity contribution is 7.98. The number of amides is 3. The zero-order chi connectivity index (χ0) is 23.6. The molecule has 0 radical (unpaired) electrons. The molecule has 3 amide bonds. The number of hydrogen-bond acceptors (Lipinski definition) is 6. The van der Waals surface area contributed by atoms with Gasteiger partial charge in [-0.05, 0) is 36.2 Å². The monoisotopic (exact) mass is 467 g/mol. The zero-order valence-electron chi connectivity index (χ0n) is 18.0. The highest BCUT2D eigenvalue weighted by Gasteiger charge is 2.67. The molecule has 0 spiro atoms. The van der Waals surface area contributed by atoms with Crippen LogP contribution in [0.2, 0.25) is 0 Å². The Morgan fingerprint density at radius 3 is 2.45 bits per heavy atom. The Kier molecular flexibility index (Phi) is 6.42. The molecule has 0 saturated carbocycles. The molecule has 172 valence electrons. The van der Waals surface area contributed by atoms with E-state index in [2.05, 4.69) is 0 Å². The van der Waals surface area contributed by atoms with Crippen LogP contribution in [0.15, 0.2) is 54.6 Å². The molecular formula is C24H25N3O5S. The fraction of sp³-hybridized carbons (Fsp3) is 0.333. The van der Waals surface area contributed by atoms with Crippen LogP contribution in [0.5, 0.6) is 5.75 Å². The van der Waals surface area contributed by atoms with Gasteiger partial charge in [-0.2, -0.15) is 11.8 Å². The second kappa shape index (κ2) is 9.27. The number of fused-ring (bicyclic) bond motifs is 1. The number of aromatic hydroxyl groups is 1. The summed E-state index contributed by atoms with van der Waals surface area (Å²) >= 11 is 1.60. The first kappa shape index (κ1) is 22.8. The third-order valence-electron chi connectivity index (χ3n) is 6.27. The van der Waals surface area contributed by atoms with E-state index < -0.39 is 29.2 Å². The molecule has 0 bridgehead atoms. The van der Waals surface area contributed by atoms with Gasteiger partial charge in [-0.3, -0.25) is 19.2 Å². The summed E-state index contributed by atoms with van der Waals surface area (Å²) in [6, 6.07) is 14.7. The van der Waals surface area contributed by atoms with E-state index in [9.17, 15) is 24.3 Å². The van der Waals surface area contributed by atoms with E-state index in [-0.39, 0.29) is 36.7 Å². The Bertz CT molecular complexity index is 1080. The topological polar surface area (TPSA) is 121 Å². The molecule has 2 aliphatic rings. The van der Waals surface area contributed by atoms with Gasteiger partial charge in [0, 0.05) is 30.0 Å². The zero-order valence-corrected chi connectivity index (χ0v) is 18.8. The van der Waals surface area contributed by atoms with Gasteiger partial charge < -0.3 is 20.6 Å². The molecule has 2 saturated heterocycles. The van der Waals surface area contributed by atoms with E-state index in [1.807, 2.05) is 30.3 Å². The molecule has 2 fully saturated rings. The average molecular weight is 468 g/mol. The summed E-state index contributed by atoms with van der Waals surface area (Å²) in [6.07, 6.45) is 0.458. The minimum Gasteiger partial charge on any atom is -0.508 e. The van der Waals surface area contributed by atoms with E-state index in [4.69, 9.17) is 5.73 Å². The number of Topliss-reactive ketones (excluding diaryl/α,β-unsaturated/α-hetero) is 1. The van der Waals surface area contributed by atoms with Crippen LogP contribution in [-0.4, -0.2) is 68.8 Å².